The van der Waals surface area contributed by atoms with Gasteiger partial charge in [0.2, 0.25) is 5.91 Å². The highest BCUT2D eigenvalue weighted by atomic mass is 35.5. The van der Waals surface area contributed by atoms with Crippen molar-refractivity contribution < 1.29 is 4.79 Å². The van der Waals surface area contributed by atoms with Gasteiger partial charge in [0.1, 0.15) is 0 Å². The smallest absolute Gasteiger partial charge is 0.224 e. The maximum Gasteiger partial charge on any atom is 0.224 e. The highest BCUT2D eigenvalue weighted by Crippen LogP contribution is 2.22. The quantitative estimate of drug-likeness (QED) is 0.661. The van der Waals surface area contributed by atoms with Gasteiger partial charge in [-0.25, -0.2) is 0 Å². The highest BCUT2D eigenvalue weighted by molar-refractivity contribution is 6.31. The maximum atomic E-state index is 12.7. The van der Waals surface area contributed by atoms with Crippen molar-refractivity contribution in [2.45, 2.75) is 25.9 Å². The summed E-state index contributed by atoms with van der Waals surface area (Å²) < 4.78 is 0. The van der Waals surface area contributed by atoms with Gasteiger partial charge in [-0.3, -0.25) is 9.69 Å². The summed E-state index contributed by atoms with van der Waals surface area (Å²) >= 11 is 6.30. The largest absolute Gasteiger partial charge is 0.352 e. The van der Waals surface area contributed by atoms with Crippen LogP contribution in [0, 0.1) is 5.92 Å². The van der Waals surface area contributed by atoms with Crippen molar-refractivity contribution in [3.05, 3.63) is 82.9 Å². The van der Waals surface area contributed by atoms with Gasteiger partial charge in [-0.05, 0) is 53.4 Å². The SMILES string of the molecule is O=C(NCc1ccc2ccccc2c1)C1CCCN(Cc2ccccc2Cl)C1. The number of halogens is 1. The van der Waals surface area contributed by atoms with Crippen molar-refractivity contribution in [2.24, 2.45) is 5.92 Å². The Kier molecular flexibility index (Phi) is 5.94. The lowest BCUT2D eigenvalue weighted by Gasteiger charge is -2.32. The van der Waals surface area contributed by atoms with Crippen LogP contribution >= 0.6 is 11.6 Å². The van der Waals surface area contributed by atoms with Crippen molar-refractivity contribution in [3.63, 3.8) is 0 Å². The average Bonchev–Trinajstić information content (AvgIpc) is 2.74. The zero-order valence-electron chi connectivity index (χ0n) is 15.9. The highest BCUT2D eigenvalue weighted by Gasteiger charge is 2.25. The topological polar surface area (TPSA) is 32.3 Å². The molecule has 0 aliphatic carbocycles. The van der Waals surface area contributed by atoms with Crippen LogP contribution in [-0.4, -0.2) is 23.9 Å². The van der Waals surface area contributed by atoms with Crippen LogP contribution in [0.1, 0.15) is 24.0 Å². The molecule has 4 heteroatoms. The molecule has 3 nitrogen and oxygen atoms in total. The monoisotopic (exact) mass is 392 g/mol. The number of piperidine rings is 1. The zero-order valence-corrected chi connectivity index (χ0v) is 16.7. The number of benzene rings is 3. The van der Waals surface area contributed by atoms with Gasteiger partial charge >= 0.3 is 0 Å². The number of hydrogen-bond donors (Lipinski definition) is 1. The molecule has 1 aliphatic heterocycles. The van der Waals surface area contributed by atoms with E-state index < -0.39 is 0 Å². The number of rotatable bonds is 5. The summed E-state index contributed by atoms with van der Waals surface area (Å²) in [5.74, 6) is 0.189. The minimum absolute atomic E-state index is 0.0386. The minimum Gasteiger partial charge on any atom is -0.352 e. The van der Waals surface area contributed by atoms with Gasteiger partial charge in [-0.1, -0.05) is 66.2 Å². The van der Waals surface area contributed by atoms with E-state index in [2.05, 4.69) is 46.6 Å². The summed E-state index contributed by atoms with van der Waals surface area (Å²) in [6.07, 6.45) is 1.99. The van der Waals surface area contributed by atoms with E-state index in [4.69, 9.17) is 11.6 Å². The number of nitrogens with one attached hydrogen (secondary N) is 1. The molecule has 1 unspecified atom stereocenters. The van der Waals surface area contributed by atoms with E-state index in [9.17, 15) is 4.79 Å². The Bertz CT molecular complexity index is 971. The van der Waals surface area contributed by atoms with E-state index in [0.29, 0.717) is 6.54 Å². The molecule has 0 spiro atoms. The fourth-order valence-electron chi connectivity index (χ4n) is 3.96. The molecule has 0 aromatic heterocycles. The Morgan fingerprint density at radius 2 is 1.82 bits per heavy atom. The first-order valence-corrected chi connectivity index (χ1v) is 10.3. The Balaban J connectivity index is 1.34. The lowest BCUT2D eigenvalue weighted by atomic mass is 9.96. The molecule has 0 bridgehead atoms. The first-order chi connectivity index (χ1) is 13.7. The summed E-state index contributed by atoms with van der Waals surface area (Å²) in [7, 11) is 0. The molecule has 1 fully saturated rings. The lowest BCUT2D eigenvalue weighted by molar-refractivity contribution is -0.126. The van der Waals surface area contributed by atoms with E-state index >= 15 is 0 Å². The number of likely N-dealkylation sites (tertiary alicyclic amines) is 1. The second-order valence-corrected chi connectivity index (χ2v) is 7.97. The Hall–Kier alpha value is -2.36. The molecule has 0 radical (unpaired) electrons. The zero-order chi connectivity index (χ0) is 19.3. The van der Waals surface area contributed by atoms with Gasteiger partial charge in [-0.2, -0.15) is 0 Å². The second-order valence-electron chi connectivity index (χ2n) is 7.56. The average molecular weight is 393 g/mol. The molecule has 1 saturated heterocycles. The van der Waals surface area contributed by atoms with Gasteiger partial charge in [0.25, 0.3) is 0 Å². The normalized spacial score (nSPS) is 17.5. The second kappa shape index (κ2) is 8.76. The molecule has 1 heterocycles. The van der Waals surface area contributed by atoms with Gasteiger partial charge in [0.15, 0.2) is 0 Å². The predicted octanol–water partition coefficient (Wildman–Crippen LogP) is 5.02. The minimum atomic E-state index is 0.0386. The van der Waals surface area contributed by atoms with Crippen LogP contribution < -0.4 is 5.32 Å². The summed E-state index contributed by atoms with van der Waals surface area (Å²) in [5.41, 5.74) is 2.26. The van der Waals surface area contributed by atoms with Crippen molar-refractivity contribution in [3.8, 4) is 0 Å². The Labute approximate surface area is 171 Å². The summed E-state index contributed by atoms with van der Waals surface area (Å²) in [4.78, 5) is 15.1. The van der Waals surface area contributed by atoms with Crippen LogP contribution in [0.25, 0.3) is 10.8 Å². The molecule has 3 aromatic rings. The van der Waals surface area contributed by atoms with Gasteiger partial charge in [0, 0.05) is 24.7 Å². The fraction of sp³-hybridized carbons (Fsp3) is 0.292. The number of amides is 1. The molecule has 1 aliphatic rings. The molecule has 1 amide bonds. The first kappa shape index (κ1) is 19.0. The van der Waals surface area contributed by atoms with E-state index in [1.54, 1.807) is 0 Å². The van der Waals surface area contributed by atoms with E-state index in [0.717, 1.165) is 48.6 Å². The molecular formula is C24H25ClN2O. The summed E-state index contributed by atoms with van der Waals surface area (Å²) in [5, 5.41) is 6.36. The standard InChI is InChI=1S/C24H25ClN2O/c25-23-10-4-3-8-21(23)16-27-13-5-9-22(17-27)24(28)26-15-18-11-12-19-6-1-2-7-20(19)14-18/h1-4,6-8,10-12,14,22H,5,9,13,15-17H2,(H,26,28). The van der Waals surface area contributed by atoms with E-state index in [1.165, 1.54) is 10.8 Å². The van der Waals surface area contributed by atoms with E-state index in [1.807, 2.05) is 30.3 Å². The van der Waals surface area contributed by atoms with Crippen LogP contribution in [0.3, 0.4) is 0 Å². The number of hydrogen-bond acceptors (Lipinski definition) is 2. The first-order valence-electron chi connectivity index (χ1n) is 9.90. The summed E-state index contributed by atoms with van der Waals surface area (Å²) in [6.45, 7) is 3.17. The van der Waals surface area contributed by atoms with Crippen LogP contribution in [0.4, 0.5) is 0 Å². The third-order valence-corrected chi connectivity index (χ3v) is 5.88. The van der Waals surface area contributed by atoms with Crippen LogP contribution in [0.15, 0.2) is 66.7 Å². The molecule has 4 rings (SSSR count). The molecule has 1 atom stereocenters. The molecule has 28 heavy (non-hydrogen) atoms. The molecule has 1 N–H and O–H groups in total. The number of fused-ring (bicyclic) bond motifs is 1. The van der Waals surface area contributed by atoms with Crippen molar-refractivity contribution in [2.75, 3.05) is 13.1 Å². The van der Waals surface area contributed by atoms with Crippen LogP contribution in [0.5, 0.6) is 0 Å². The van der Waals surface area contributed by atoms with Crippen LogP contribution in [0.2, 0.25) is 5.02 Å². The molecular weight excluding hydrogens is 368 g/mol. The maximum absolute atomic E-state index is 12.7. The fourth-order valence-corrected chi connectivity index (χ4v) is 4.16. The lowest BCUT2D eigenvalue weighted by Crippen LogP contribution is -2.42. The van der Waals surface area contributed by atoms with Crippen LogP contribution in [-0.2, 0) is 17.9 Å². The molecule has 144 valence electrons. The van der Waals surface area contributed by atoms with Crippen molar-refractivity contribution >= 4 is 28.3 Å². The molecule has 3 aromatic carbocycles. The molecule has 0 saturated carbocycles. The summed E-state index contributed by atoms with van der Waals surface area (Å²) in [6, 6.07) is 22.6. The third kappa shape index (κ3) is 4.54. The Morgan fingerprint density at radius 1 is 1.04 bits per heavy atom. The van der Waals surface area contributed by atoms with Gasteiger partial charge in [0.05, 0.1) is 5.92 Å². The van der Waals surface area contributed by atoms with E-state index in [-0.39, 0.29) is 11.8 Å². The number of nitrogens with zero attached hydrogens (tertiary/aromatic N) is 1. The third-order valence-electron chi connectivity index (χ3n) is 5.51. The number of carbonyl (C=O) groups excluding carboxylic acids is 1. The van der Waals surface area contributed by atoms with Gasteiger partial charge in [-0.15, -0.1) is 0 Å². The van der Waals surface area contributed by atoms with Gasteiger partial charge < -0.3 is 5.32 Å². The Morgan fingerprint density at radius 3 is 2.68 bits per heavy atom. The van der Waals surface area contributed by atoms with Crippen molar-refractivity contribution in [1.82, 2.24) is 10.2 Å². The predicted molar refractivity (Wildman–Crippen MR) is 115 cm³/mol. The number of carbonyl (C=O) groups is 1. The van der Waals surface area contributed by atoms with Crippen molar-refractivity contribution in [1.29, 1.82) is 0 Å².